The van der Waals surface area contributed by atoms with E-state index >= 15 is 0 Å². The second-order valence-corrected chi connectivity index (χ2v) is 4.90. The molecule has 5 heteroatoms. The standard InChI is InChI=1S/C14H19F2NO2/c15-11-3-4-12(13(16)7-11)14(18)8-17-5-6-19-9-10-1-2-10/h3-4,7,10,14,17-18H,1-2,5-6,8-9H2. The van der Waals surface area contributed by atoms with Crippen molar-refractivity contribution in [2.24, 2.45) is 5.92 Å². The van der Waals surface area contributed by atoms with Crippen molar-refractivity contribution in [1.82, 2.24) is 5.32 Å². The number of benzene rings is 1. The summed E-state index contributed by atoms with van der Waals surface area (Å²) in [6.07, 6.45) is 1.54. The first-order chi connectivity index (χ1) is 9.16. The molecule has 1 atom stereocenters. The first kappa shape index (κ1) is 14.4. The number of hydrogen-bond donors (Lipinski definition) is 2. The summed E-state index contributed by atoms with van der Waals surface area (Å²) in [4.78, 5) is 0. The summed E-state index contributed by atoms with van der Waals surface area (Å²) < 4.78 is 31.5. The van der Waals surface area contributed by atoms with Crippen LogP contribution in [0, 0.1) is 17.6 Å². The topological polar surface area (TPSA) is 41.5 Å². The van der Waals surface area contributed by atoms with Crippen LogP contribution >= 0.6 is 0 Å². The summed E-state index contributed by atoms with van der Waals surface area (Å²) in [5.74, 6) is -0.631. The summed E-state index contributed by atoms with van der Waals surface area (Å²) in [6.45, 7) is 2.20. The van der Waals surface area contributed by atoms with Crippen molar-refractivity contribution in [3.8, 4) is 0 Å². The number of ether oxygens (including phenoxy) is 1. The van der Waals surface area contributed by atoms with Crippen LogP contribution in [0.2, 0.25) is 0 Å². The van der Waals surface area contributed by atoms with E-state index in [0.717, 1.165) is 24.7 Å². The Morgan fingerprint density at radius 1 is 1.37 bits per heavy atom. The lowest BCUT2D eigenvalue weighted by atomic mass is 10.1. The molecule has 2 N–H and O–H groups in total. The van der Waals surface area contributed by atoms with Crippen molar-refractivity contribution in [2.45, 2.75) is 18.9 Å². The molecule has 0 radical (unpaired) electrons. The SMILES string of the molecule is OC(CNCCOCC1CC1)c1ccc(F)cc1F. The minimum atomic E-state index is -0.982. The van der Waals surface area contributed by atoms with Gasteiger partial charge in [0, 0.05) is 31.3 Å². The minimum Gasteiger partial charge on any atom is -0.387 e. The Kier molecular flexibility index (Phi) is 5.24. The van der Waals surface area contributed by atoms with E-state index in [2.05, 4.69) is 5.32 Å². The normalized spacial score (nSPS) is 16.6. The van der Waals surface area contributed by atoms with Gasteiger partial charge in [-0.1, -0.05) is 6.07 Å². The van der Waals surface area contributed by atoms with E-state index < -0.39 is 17.7 Å². The average molecular weight is 271 g/mol. The van der Waals surface area contributed by atoms with Gasteiger partial charge in [-0.2, -0.15) is 0 Å². The summed E-state index contributed by atoms with van der Waals surface area (Å²) in [7, 11) is 0. The van der Waals surface area contributed by atoms with Gasteiger partial charge in [-0.3, -0.25) is 0 Å². The molecule has 106 valence electrons. The van der Waals surface area contributed by atoms with E-state index in [1.807, 2.05) is 0 Å². The van der Waals surface area contributed by atoms with Crippen molar-refractivity contribution in [3.05, 3.63) is 35.4 Å². The van der Waals surface area contributed by atoms with Gasteiger partial charge in [0.25, 0.3) is 0 Å². The van der Waals surface area contributed by atoms with Crippen LogP contribution in [-0.2, 0) is 4.74 Å². The number of nitrogens with one attached hydrogen (secondary N) is 1. The van der Waals surface area contributed by atoms with Crippen LogP contribution in [0.5, 0.6) is 0 Å². The molecule has 1 aliphatic carbocycles. The zero-order chi connectivity index (χ0) is 13.7. The smallest absolute Gasteiger partial charge is 0.131 e. The third-order valence-electron chi connectivity index (χ3n) is 3.13. The fourth-order valence-corrected chi connectivity index (χ4v) is 1.80. The molecule has 1 aromatic carbocycles. The van der Waals surface area contributed by atoms with Gasteiger partial charge in [0.15, 0.2) is 0 Å². The lowest BCUT2D eigenvalue weighted by Gasteiger charge is -2.13. The van der Waals surface area contributed by atoms with Gasteiger partial charge >= 0.3 is 0 Å². The zero-order valence-electron chi connectivity index (χ0n) is 10.7. The quantitative estimate of drug-likeness (QED) is 0.711. The van der Waals surface area contributed by atoms with Gasteiger partial charge < -0.3 is 15.2 Å². The molecule has 0 heterocycles. The van der Waals surface area contributed by atoms with Crippen LogP contribution in [0.25, 0.3) is 0 Å². The maximum absolute atomic E-state index is 13.4. The molecular weight excluding hydrogens is 252 g/mol. The Labute approximate surface area is 111 Å². The zero-order valence-corrected chi connectivity index (χ0v) is 10.7. The molecule has 0 bridgehead atoms. The Hall–Kier alpha value is -1.04. The van der Waals surface area contributed by atoms with E-state index in [4.69, 9.17) is 4.74 Å². The second-order valence-electron chi connectivity index (χ2n) is 4.90. The Morgan fingerprint density at radius 3 is 2.84 bits per heavy atom. The third-order valence-corrected chi connectivity index (χ3v) is 3.13. The molecule has 1 aromatic rings. The van der Waals surface area contributed by atoms with Gasteiger partial charge in [-0.15, -0.1) is 0 Å². The molecule has 2 rings (SSSR count). The minimum absolute atomic E-state index is 0.104. The summed E-state index contributed by atoms with van der Waals surface area (Å²) in [5, 5.41) is 12.8. The van der Waals surface area contributed by atoms with E-state index in [0.29, 0.717) is 13.2 Å². The highest BCUT2D eigenvalue weighted by Gasteiger charge is 2.20. The molecule has 1 unspecified atom stereocenters. The summed E-state index contributed by atoms with van der Waals surface area (Å²) in [6, 6.07) is 3.18. The highest BCUT2D eigenvalue weighted by molar-refractivity contribution is 5.21. The molecule has 1 aliphatic rings. The fraction of sp³-hybridized carbons (Fsp3) is 0.571. The summed E-state index contributed by atoms with van der Waals surface area (Å²) >= 11 is 0. The number of aliphatic hydroxyl groups excluding tert-OH is 1. The van der Waals surface area contributed by atoms with Gasteiger partial charge in [0.1, 0.15) is 11.6 Å². The van der Waals surface area contributed by atoms with Crippen LogP contribution in [0.3, 0.4) is 0 Å². The number of aliphatic hydroxyl groups is 1. The van der Waals surface area contributed by atoms with Crippen molar-refractivity contribution in [1.29, 1.82) is 0 Å². The number of hydrogen-bond acceptors (Lipinski definition) is 3. The molecule has 0 aliphatic heterocycles. The van der Waals surface area contributed by atoms with E-state index in [-0.39, 0.29) is 12.1 Å². The first-order valence-corrected chi connectivity index (χ1v) is 6.58. The van der Waals surface area contributed by atoms with Crippen LogP contribution < -0.4 is 5.32 Å². The van der Waals surface area contributed by atoms with E-state index in [9.17, 15) is 13.9 Å². The van der Waals surface area contributed by atoms with Gasteiger partial charge in [-0.25, -0.2) is 8.78 Å². The number of rotatable bonds is 8. The molecule has 0 saturated heterocycles. The second kappa shape index (κ2) is 6.93. The molecule has 0 aromatic heterocycles. The van der Waals surface area contributed by atoms with Crippen LogP contribution in [0.1, 0.15) is 24.5 Å². The Morgan fingerprint density at radius 2 is 2.16 bits per heavy atom. The third kappa shape index (κ3) is 4.86. The maximum atomic E-state index is 13.4. The molecule has 0 amide bonds. The lowest BCUT2D eigenvalue weighted by Crippen LogP contribution is -2.26. The molecule has 19 heavy (non-hydrogen) atoms. The monoisotopic (exact) mass is 271 g/mol. The van der Waals surface area contributed by atoms with Crippen LogP contribution in [0.15, 0.2) is 18.2 Å². The first-order valence-electron chi connectivity index (χ1n) is 6.58. The highest BCUT2D eigenvalue weighted by Crippen LogP contribution is 2.28. The summed E-state index contributed by atoms with van der Waals surface area (Å²) in [5.41, 5.74) is 0.104. The lowest BCUT2D eigenvalue weighted by molar-refractivity contribution is 0.119. The van der Waals surface area contributed by atoms with Crippen molar-refractivity contribution in [2.75, 3.05) is 26.3 Å². The molecule has 3 nitrogen and oxygen atoms in total. The Balaban J connectivity index is 1.63. The van der Waals surface area contributed by atoms with Crippen LogP contribution in [-0.4, -0.2) is 31.4 Å². The number of halogens is 2. The molecular formula is C14H19F2NO2. The molecule has 1 saturated carbocycles. The van der Waals surface area contributed by atoms with Gasteiger partial charge in [-0.05, 0) is 24.8 Å². The molecule has 1 fully saturated rings. The Bertz CT molecular complexity index is 410. The van der Waals surface area contributed by atoms with Crippen LogP contribution in [0.4, 0.5) is 8.78 Å². The predicted octanol–water partition coefficient (Wildman–Crippen LogP) is 2.01. The van der Waals surface area contributed by atoms with Crippen molar-refractivity contribution in [3.63, 3.8) is 0 Å². The maximum Gasteiger partial charge on any atom is 0.131 e. The van der Waals surface area contributed by atoms with Gasteiger partial charge in [0.05, 0.1) is 12.7 Å². The van der Waals surface area contributed by atoms with Crippen molar-refractivity contribution >= 4 is 0 Å². The largest absolute Gasteiger partial charge is 0.387 e. The van der Waals surface area contributed by atoms with E-state index in [1.54, 1.807) is 0 Å². The highest BCUT2D eigenvalue weighted by atomic mass is 19.1. The predicted molar refractivity (Wildman–Crippen MR) is 67.7 cm³/mol. The van der Waals surface area contributed by atoms with Gasteiger partial charge in [0.2, 0.25) is 0 Å². The van der Waals surface area contributed by atoms with E-state index in [1.165, 1.54) is 18.9 Å². The average Bonchev–Trinajstić information content (AvgIpc) is 3.17. The fourth-order valence-electron chi connectivity index (χ4n) is 1.80. The molecule has 0 spiro atoms. The van der Waals surface area contributed by atoms with Crippen molar-refractivity contribution < 1.29 is 18.6 Å².